The van der Waals surface area contributed by atoms with Crippen molar-refractivity contribution in [3.8, 4) is 0 Å². The zero-order valence-electron chi connectivity index (χ0n) is 14.2. The lowest BCUT2D eigenvalue weighted by atomic mass is 10.1. The topological polar surface area (TPSA) is 85.2 Å². The molecule has 0 aliphatic heterocycles. The van der Waals surface area contributed by atoms with Crippen molar-refractivity contribution in [1.29, 1.82) is 0 Å². The molecule has 3 rings (SSSR count). The Kier molecular flexibility index (Phi) is 4.94. The van der Waals surface area contributed by atoms with E-state index in [4.69, 9.17) is 9.15 Å². The fraction of sp³-hybridized carbons (Fsp3) is 0.278. The van der Waals surface area contributed by atoms with E-state index >= 15 is 0 Å². The first kappa shape index (κ1) is 17.3. The minimum Gasteiger partial charge on any atom is -0.462 e. The molecule has 130 valence electrons. The predicted molar refractivity (Wildman–Crippen MR) is 95.3 cm³/mol. The van der Waals surface area contributed by atoms with Crippen LogP contribution in [-0.4, -0.2) is 34.1 Å². The van der Waals surface area contributed by atoms with Crippen LogP contribution in [-0.2, 0) is 4.74 Å². The molecular formula is C18H18N2O4S. The molecule has 0 bridgehead atoms. The number of ketones is 1. The fourth-order valence-electron chi connectivity index (χ4n) is 2.70. The van der Waals surface area contributed by atoms with Gasteiger partial charge in [-0.25, -0.2) is 9.78 Å². The van der Waals surface area contributed by atoms with Crippen LogP contribution < -0.4 is 0 Å². The second-order valence-electron chi connectivity index (χ2n) is 5.50. The molecule has 0 unspecified atom stereocenters. The van der Waals surface area contributed by atoms with Gasteiger partial charge in [-0.1, -0.05) is 23.9 Å². The van der Waals surface area contributed by atoms with Gasteiger partial charge in [0.2, 0.25) is 0 Å². The number of Topliss-reactive ketones (excluding diaryl/α,β-unsaturated/α-hetero) is 1. The predicted octanol–water partition coefficient (Wildman–Crippen LogP) is 3.92. The van der Waals surface area contributed by atoms with Crippen molar-refractivity contribution in [3.05, 3.63) is 46.8 Å². The number of benzene rings is 1. The summed E-state index contributed by atoms with van der Waals surface area (Å²) in [6.45, 7) is 5.52. The zero-order valence-corrected chi connectivity index (χ0v) is 15.0. The third-order valence-electron chi connectivity index (χ3n) is 3.73. The maximum Gasteiger partial charge on any atom is 0.340 e. The van der Waals surface area contributed by atoms with E-state index in [1.807, 2.05) is 24.3 Å². The molecule has 0 fully saturated rings. The van der Waals surface area contributed by atoms with Crippen LogP contribution in [0, 0.1) is 13.8 Å². The summed E-state index contributed by atoms with van der Waals surface area (Å²) in [6, 6.07) is 7.42. The Hall–Kier alpha value is -2.54. The first-order valence-corrected chi connectivity index (χ1v) is 8.87. The number of para-hydroxylation sites is 2. The molecule has 0 aliphatic carbocycles. The Morgan fingerprint density at radius 3 is 2.64 bits per heavy atom. The number of oxazole rings is 1. The smallest absolute Gasteiger partial charge is 0.340 e. The zero-order chi connectivity index (χ0) is 18.0. The third-order valence-corrected chi connectivity index (χ3v) is 4.56. The van der Waals surface area contributed by atoms with Crippen molar-refractivity contribution in [3.63, 3.8) is 0 Å². The first-order chi connectivity index (χ1) is 12.0. The number of nitrogens with one attached hydrogen (secondary N) is 1. The van der Waals surface area contributed by atoms with Gasteiger partial charge in [0.1, 0.15) is 5.52 Å². The van der Waals surface area contributed by atoms with E-state index in [0.717, 1.165) is 5.52 Å². The number of nitrogens with zero attached hydrogens (tertiary/aromatic N) is 1. The quantitative estimate of drug-likeness (QED) is 0.408. The minimum absolute atomic E-state index is 0.122. The first-order valence-electron chi connectivity index (χ1n) is 7.89. The molecule has 1 aromatic carbocycles. The number of rotatable bonds is 6. The Morgan fingerprint density at radius 1 is 1.20 bits per heavy atom. The molecule has 0 atom stereocenters. The van der Waals surface area contributed by atoms with Gasteiger partial charge in [0, 0.05) is 11.4 Å². The number of carbonyl (C=O) groups is 2. The van der Waals surface area contributed by atoms with E-state index in [0.29, 0.717) is 33.3 Å². The van der Waals surface area contributed by atoms with Gasteiger partial charge < -0.3 is 14.1 Å². The normalized spacial score (nSPS) is 11.0. The summed E-state index contributed by atoms with van der Waals surface area (Å²) in [4.78, 5) is 32.2. The van der Waals surface area contributed by atoms with E-state index in [9.17, 15) is 9.59 Å². The number of thioether (sulfide) groups is 1. The van der Waals surface area contributed by atoms with Gasteiger partial charge in [0.15, 0.2) is 11.4 Å². The van der Waals surface area contributed by atoms with Crippen LogP contribution in [0.25, 0.3) is 11.1 Å². The van der Waals surface area contributed by atoms with Gasteiger partial charge in [-0.05, 0) is 32.9 Å². The maximum absolute atomic E-state index is 12.7. The molecule has 3 aromatic rings. The number of carbonyl (C=O) groups excluding carboxylic acids is 2. The van der Waals surface area contributed by atoms with Gasteiger partial charge in [-0.15, -0.1) is 0 Å². The molecule has 0 amide bonds. The van der Waals surface area contributed by atoms with Crippen LogP contribution in [0.2, 0.25) is 0 Å². The molecule has 0 aliphatic rings. The van der Waals surface area contributed by atoms with Crippen molar-refractivity contribution in [2.24, 2.45) is 0 Å². The van der Waals surface area contributed by atoms with Gasteiger partial charge in [-0.3, -0.25) is 4.79 Å². The Morgan fingerprint density at radius 2 is 1.92 bits per heavy atom. The number of ether oxygens (including phenoxy) is 1. The van der Waals surface area contributed by atoms with E-state index < -0.39 is 5.97 Å². The third kappa shape index (κ3) is 3.46. The molecule has 7 heteroatoms. The van der Waals surface area contributed by atoms with E-state index in [1.54, 1.807) is 20.8 Å². The van der Waals surface area contributed by atoms with Crippen LogP contribution in [0.1, 0.15) is 39.0 Å². The van der Waals surface area contributed by atoms with E-state index in [1.165, 1.54) is 11.8 Å². The highest BCUT2D eigenvalue weighted by atomic mass is 32.2. The maximum atomic E-state index is 12.7. The largest absolute Gasteiger partial charge is 0.462 e. The number of esters is 1. The van der Waals surface area contributed by atoms with Crippen molar-refractivity contribution in [2.75, 3.05) is 12.4 Å². The average Bonchev–Trinajstić information content (AvgIpc) is 3.12. The van der Waals surface area contributed by atoms with Crippen LogP contribution in [0.15, 0.2) is 33.9 Å². The minimum atomic E-state index is -0.487. The van der Waals surface area contributed by atoms with Crippen LogP contribution in [0.5, 0.6) is 0 Å². The Balaban J connectivity index is 1.80. The standard InChI is InChI=1S/C18H18N2O4S/c1-4-23-17(22)16-11(3)19-10(2)15(16)13(21)9-25-18-20-12-7-5-6-8-14(12)24-18/h5-8,19H,4,9H2,1-3H3. The summed E-state index contributed by atoms with van der Waals surface area (Å²) in [5, 5.41) is 0.428. The van der Waals surface area contributed by atoms with Crippen molar-refractivity contribution < 1.29 is 18.7 Å². The second-order valence-corrected chi connectivity index (χ2v) is 6.43. The summed E-state index contributed by atoms with van der Waals surface area (Å²) in [5.74, 6) is -0.533. The highest BCUT2D eigenvalue weighted by molar-refractivity contribution is 7.99. The molecule has 0 saturated carbocycles. The summed E-state index contributed by atoms with van der Waals surface area (Å²) in [7, 11) is 0. The molecule has 6 nitrogen and oxygen atoms in total. The molecule has 25 heavy (non-hydrogen) atoms. The van der Waals surface area contributed by atoms with Gasteiger partial charge >= 0.3 is 5.97 Å². The van der Waals surface area contributed by atoms with Crippen LogP contribution in [0.4, 0.5) is 0 Å². The van der Waals surface area contributed by atoms with Gasteiger partial charge in [0.05, 0.1) is 23.5 Å². The summed E-state index contributed by atoms with van der Waals surface area (Å²) < 4.78 is 10.7. The molecular weight excluding hydrogens is 340 g/mol. The lowest BCUT2D eigenvalue weighted by Gasteiger charge is -2.05. The molecule has 2 heterocycles. The molecule has 2 aromatic heterocycles. The lowest BCUT2D eigenvalue weighted by Crippen LogP contribution is -2.13. The van der Waals surface area contributed by atoms with E-state index in [2.05, 4.69) is 9.97 Å². The Labute approximate surface area is 149 Å². The molecule has 0 radical (unpaired) electrons. The molecule has 0 saturated heterocycles. The number of fused-ring (bicyclic) bond motifs is 1. The number of aryl methyl sites for hydroxylation is 2. The summed E-state index contributed by atoms with van der Waals surface area (Å²) in [6.07, 6.45) is 0. The lowest BCUT2D eigenvalue weighted by molar-refractivity contribution is 0.0522. The number of H-pyrrole nitrogens is 1. The SMILES string of the molecule is CCOC(=O)c1c(C)[nH]c(C)c1C(=O)CSc1nc2ccccc2o1. The summed E-state index contributed by atoms with van der Waals surface area (Å²) in [5.41, 5.74) is 3.40. The van der Waals surface area contributed by atoms with Crippen molar-refractivity contribution in [1.82, 2.24) is 9.97 Å². The molecule has 1 N–H and O–H groups in total. The van der Waals surface area contributed by atoms with Gasteiger partial charge in [0.25, 0.3) is 5.22 Å². The highest BCUT2D eigenvalue weighted by Crippen LogP contribution is 2.26. The number of hydrogen-bond acceptors (Lipinski definition) is 6. The van der Waals surface area contributed by atoms with E-state index in [-0.39, 0.29) is 18.1 Å². The highest BCUT2D eigenvalue weighted by Gasteiger charge is 2.25. The number of aromatic amines is 1. The van der Waals surface area contributed by atoms with Crippen molar-refractivity contribution in [2.45, 2.75) is 26.0 Å². The Bertz CT molecular complexity index is 909. The monoisotopic (exact) mass is 358 g/mol. The van der Waals surface area contributed by atoms with Crippen LogP contribution in [0.3, 0.4) is 0 Å². The summed E-state index contributed by atoms with van der Waals surface area (Å²) >= 11 is 1.21. The van der Waals surface area contributed by atoms with Crippen molar-refractivity contribution >= 4 is 34.6 Å². The number of hydrogen-bond donors (Lipinski definition) is 1. The second kappa shape index (κ2) is 7.14. The fourth-order valence-corrected chi connectivity index (χ4v) is 3.41. The molecule has 0 spiro atoms. The van der Waals surface area contributed by atoms with Crippen LogP contribution >= 0.6 is 11.8 Å². The van der Waals surface area contributed by atoms with Gasteiger partial charge in [-0.2, -0.15) is 0 Å². The number of aromatic nitrogens is 2. The average molecular weight is 358 g/mol.